The molecule has 1 N–H and O–H groups in total. The van der Waals surface area contributed by atoms with Gasteiger partial charge in [0.25, 0.3) is 0 Å². The topological polar surface area (TPSA) is 55.2 Å². The van der Waals surface area contributed by atoms with Crippen molar-refractivity contribution in [3.63, 3.8) is 0 Å². The third-order valence-electron chi connectivity index (χ3n) is 2.56. The van der Waals surface area contributed by atoms with Crippen molar-refractivity contribution in [2.45, 2.75) is 19.4 Å². The second-order valence-electron chi connectivity index (χ2n) is 3.57. The van der Waals surface area contributed by atoms with Gasteiger partial charge in [-0.25, -0.2) is 9.97 Å². The van der Waals surface area contributed by atoms with Gasteiger partial charge in [-0.3, -0.25) is 0 Å². The zero-order chi connectivity index (χ0) is 12.3. The number of thiophene rings is 1. The summed E-state index contributed by atoms with van der Waals surface area (Å²) in [6.45, 7) is 2.07. The number of methoxy groups -OCH3 is 1. The van der Waals surface area contributed by atoms with Crippen molar-refractivity contribution >= 4 is 11.3 Å². The molecule has 4 nitrogen and oxygen atoms in total. The number of aryl methyl sites for hydroxylation is 1. The number of ether oxygens (including phenoxy) is 1. The van der Waals surface area contributed by atoms with E-state index in [9.17, 15) is 5.11 Å². The molecule has 90 valence electrons. The summed E-state index contributed by atoms with van der Waals surface area (Å²) in [6, 6.07) is 2.34. The number of rotatable bonds is 4. The number of hydrogen-bond donors (Lipinski definition) is 1. The maximum atomic E-state index is 10.2. The van der Waals surface area contributed by atoms with Crippen LogP contribution in [-0.2, 0) is 6.42 Å². The number of aliphatic hydroxyl groups excluding tert-OH is 1. The molecule has 0 aromatic carbocycles. The van der Waals surface area contributed by atoms with Crippen LogP contribution >= 0.6 is 11.3 Å². The van der Waals surface area contributed by atoms with Gasteiger partial charge in [0, 0.05) is 22.8 Å². The molecule has 0 fully saturated rings. The first-order chi connectivity index (χ1) is 8.26. The molecule has 0 amide bonds. The van der Waals surface area contributed by atoms with Crippen LogP contribution in [0.4, 0.5) is 0 Å². The van der Waals surface area contributed by atoms with Gasteiger partial charge in [-0.05, 0) is 23.4 Å². The van der Waals surface area contributed by atoms with Crippen molar-refractivity contribution < 1.29 is 9.84 Å². The maximum Gasteiger partial charge on any atom is 0.316 e. The molecule has 2 aromatic rings. The van der Waals surface area contributed by atoms with Gasteiger partial charge in [0.2, 0.25) is 0 Å². The van der Waals surface area contributed by atoms with Crippen LogP contribution in [0.3, 0.4) is 0 Å². The third kappa shape index (κ3) is 2.45. The minimum atomic E-state index is -0.657. The normalized spacial score (nSPS) is 12.4. The second-order valence-corrected chi connectivity index (χ2v) is 4.52. The number of aliphatic hydroxyl groups is 1. The summed E-state index contributed by atoms with van der Waals surface area (Å²) in [7, 11) is 1.51. The molecule has 0 aliphatic carbocycles. The highest BCUT2D eigenvalue weighted by Gasteiger charge is 2.16. The molecule has 2 rings (SSSR count). The van der Waals surface area contributed by atoms with Gasteiger partial charge in [-0.15, -0.1) is 11.3 Å². The number of aromatic nitrogens is 2. The van der Waals surface area contributed by atoms with Crippen LogP contribution in [0.15, 0.2) is 23.8 Å². The van der Waals surface area contributed by atoms with E-state index in [1.807, 2.05) is 11.4 Å². The van der Waals surface area contributed by atoms with E-state index < -0.39 is 6.10 Å². The Kier molecular flexibility index (Phi) is 3.71. The Balaban J connectivity index is 2.27. The van der Waals surface area contributed by atoms with Crippen molar-refractivity contribution in [1.82, 2.24) is 9.97 Å². The molecule has 0 bridgehead atoms. The SMILES string of the molecule is CCc1ccsc1C(O)c1cnc(OC)nc1. The molecule has 0 saturated carbocycles. The van der Waals surface area contributed by atoms with Crippen LogP contribution < -0.4 is 4.74 Å². The molecule has 1 atom stereocenters. The first-order valence-corrected chi connectivity index (χ1v) is 6.24. The largest absolute Gasteiger partial charge is 0.467 e. The Morgan fingerprint density at radius 2 is 2.12 bits per heavy atom. The van der Waals surface area contributed by atoms with Gasteiger partial charge in [-0.1, -0.05) is 6.92 Å². The van der Waals surface area contributed by atoms with Gasteiger partial charge in [0.15, 0.2) is 0 Å². The predicted octanol–water partition coefficient (Wildman–Crippen LogP) is 2.19. The van der Waals surface area contributed by atoms with Crippen molar-refractivity contribution in [3.8, 4) is 6.01 Å². The van der Waals surface area contributed by atoms with E-state index in [1.165, 1.54) is 12.7 Å². The van der Waals surface area contributed by atoms with Crippen LogP contribution in [0.2, 0.25) is 0 Å². The lowest BCUT2D eigenvalue weighted by molar-refractivity contribution is 0.221. The van der Waals surface area contributed by atoms with Crippen LogP contribution in [0, 0.1) is 0 Å². The summed E-state index contributed by atoms with van der Waals surface area (Å²) >= 11 is 1.55. The molecule has 1 unspecified atom stereocenters. The van der Waals surface area contributed by atoms with Gasteiger partial charge < -0.3 is 9.84 Å². The first kappa shape index (κ1) is 12.0. The Labute approximate surface area is 104 Å². The zero-order valence-corrected chi connectivity index (χ0v) is 10.6. The molecule has 0 aliphatic heterocycles. The fraction of sp³-hybridized carbons (Fsp3) is 0.333. The fourth-order valence-corrected chi connectivity index (χ4v) is 2.61. The van der Waals surface area contributed by atoms with E-state index in [0.29, 0.717) is 11.6 Å². The Morgan fingerprint density at radius 1 is 1.41 bits per heavy atom. The van der Waals surface area contributed by atoms with Gasteiger partial charge in [0.05, 0.1) is 7.11 Å². The summed E-state index contributed by atoms with van der Waals surface area (Å²) in [6.07, 6.45) is 3.44. The third-order valence-corrected chi connectivity index (χ3v) is 3.57. The summed E-state index contributed by atoms with van der Waals surface area (Å²) in [5, 5.41) is 12.2. The lowest BCUT2D eigenvalue weighted by Gasteiger charge is -2.10. The van der Waals surface area contributed by atoms with E-state index >= 15 is 0 Å². The highest BCUT2D eigenvalue weighted by Crippen LogP contribution is 2.29. The highest BCUT2D eigenvalue weighted by molar-refractivity contribution is 7.10. The van der Waals surface area contributed by atoms with Gasteiger partial charge >= 0.3 is 6.01 Å². The summed E-state index contributed by atoms with van der Waals surface area (Å²) in [5.41, 5.74) is 1.85. The number of nitrogens with zero attached hydrogens (tertiary/aromatic N) is 2. The van der Waals surface area contributed by atoms with Gasteiger partial charge in [-0.2, -0.15) is 0 Å². The summed E-state index contributed by atoms with van der Waals surface area (Å²) in [4.78, 5) is 8.95. The summed E-state index contributed by atoms with van der Waals surface area (Å²) in [5.74, 6) is 0. The van der Waals surface area contributed by atoms with Crippen LogP contribution in [0.1, 0.15) is 29.0 Å². The number of hydrogen-bond acceptors (Lipinski definition) is 5. The standard InChI is InChI=1S/C12H14N2O2S/c1-3-8-4-5-17-11(8)10(15)9-6-13-12(16-2)14-7-9/h4-7,10,15H,3H2,1-2H3. The molecule has 0 aliphatic rings. The van der Waals surface area contributed by atoms with Crippen molar-refractivity contribution in [2.75, 3.05) is 7.11 Å². The van der Waals surface area contributed by atoms with Crippen molar-refractivity contribution in [2.24, 2.45) is 0 Å². The molecular weight excluding hydrogens is 236 g/mol. The lowest BCUT2D eigenvalue weighted by atomic mass is 10.1. The minimum Gasteiger partial charge on any atom is -0.467 e. The Bertz CT molecular complexity index is 482. The Morgan fingerprint density at radius 3 is 2.71 bits per heavy atom. The molecule has 0 spiro atoms. The summed E-state index contributed by atoms with van der Waals surface area (Å²) < 4.78 is 4.88. The molecule has 2 heterocycles. The van der Waals surface area contributed by atoms with Crippen LogP contribution in [-0.4, -0.2) is 22.2 Å². The average molecular weight is 250 g/mol. The first-order valence-electron chi connectivity index (χ1n) is 5.36. The van der Waals surface area contributed by atoms with Gasteiger partial charge in [0.1, 0.15) is 6.10 Å². The highest BCUT2D eigenvalue weighted by atomic mass is 32.1. The van der Waals surface area contributed by atoms with E-state index in [0.717, 1.165) is 11.3 Å². The molecular formula is C12H14N2O2S. The predicted molar refractivity (Wildman–Crippen MR) is 66.3 cm³/mol. The molecule has 0 radical (unpaired) electrons. The van der Waals surface area contributed by atoms with Crippen molar-refractivity contribution in [1.29, 1.82) is 0 Å². The van der Waals surface area contributed by atoms with E-state index in [1.54, 1.807) is 23.7 Å². The van der Waals surface area contributed by atoms with E-state index in [4.69, 9.17) is 4.74 Å². The molecule has 5 heteroatoms. The van der Waals surface area contributed by atoms with Crippen molar-refractivity contribution in [3.05, 3.63) is 39.8 Å². The monoisotopic (exact) mass is 250 g/mol. The molecule has 17 heavy (non-hydrogen) atoms. The maximum absolute atomic E-state index is 10.2. The molecule has 0 saturated heterocycles. The Hall–Kier alpha value is -1.46. The zero-order valence-electron chi connectivity index (χ0n) is 9.75. The average Bonchev–Trinajstić information content (AvgIpc) is 2.86. The van der Waals surface area contributed by atoms with E-state index in [2.05, 4.69) is 16.9 Å². The lowest BCUT2D eigenvalue weighted by Crippen LogP contribution is -2.02. The van der Waals surface area contributed by atoms with Crippen LogP contribution in [0.5, 0.6) is 6.01 Å². The van der Waals surface area contributed by atoms with Crippen LogP contribution in [0.25, 0.3) is 0 Å². The smallest absolute Gasteiger partial charge is 0.316 e. The fourth-order valence-electron chi connectivity index (χ4n) is 1.60. The molecule has 2 aromatic heterocycles. The quantitative estimate of drug-likeness (QED) is 0.903. The second kappa shape index (κ2) is 5.25. The minimum absolute atomic E-state index is 0.308. The van der Waals surface area contributed by atoms with E-state index in [-0.39, 0.29) is 0 Å².